The van der Waals surface area contributed by atoms with Crippen molar-refractivity contribution in [1.29, 1.82) is 0 Å². The molecular formula is C7H13N. The molecule has 0 bridgehead atoms. The lowest BCUT2D eigenvalue weighted by atomic mass is 9.74. The third-order valence-corrected chi connectivity index (χ3v) is 2.08. The number of allylic oxidation sites excluding steroid dienone is 1. The van der Waals surface area contributed by atoms with Crippen molar-refractivity contribution < 1.29 is 0 Å². The third-order valence-electron chi connectivity index (χ3n) is 2.08. The number of hydrogen-bond donors (Lipinski definition) is 1. The van der Waals surface area contributed by atoms with Gasteiger partial charge in [-0.3, -0.25) is 0 Å². The quantitative estimate of drug-likeness (QED) is 0.532. The van der Waals surface area contributed by atoms with Crippen LogP contribution in [0.1, 0.15) is 12.8 Å². The normalized spacial score (nSPS) is 36.1. The summed E-state index contributed by atoms with van der Waals surface area (Å²) in [6, 6.07) is 0. The van der Waals surface area contributed by atoms with Crippen LogP contribution >= 0.6 is 0 Å². The zero-order valence-electron chi connectivity index (χ0n) is 5.14. The van der Waals surface area contributed by atoms with Crippen LogP contribution in [0.15, 0.2) is 12.7 Å². The van der Waals surface area contributed by atoms with Crippen LogP contribution in [0.25, 0.3) is 0 Å². The van der Waals surface area contributed by atoms with E-state index >= 15 is 0 Å². The second-order valence-corrected chi connectivity index (χ2v) is 2.47. The van der Waals surface area contributed by atoms with Crippen molar-refractivity contribution in [2.75, 3.05) is 6.54 Å². The van der Waals surface area contributed by atoms with Crippen molar-refractivity contribution >= 4 is 0 Å². The van der Waals surface area contributed by atoms with E-state index in [0.717, 1.165) is 18.4 Å². The Balaban J connectivity index is 2.26. The number of nitrogens with two attached hydrogens (primary N) is 1. The highest BCUT2D eigenvalue weighted by atomic mass is 14.6. The summed E-state index contributed by atoms with van der Waals surface area (Å²) in [5.74, 6) is 1.49. The average molecular weight is 111 g/mol. The van der Waals surface area contributed by atoms with E-state index < -0.39 is 0 Å². The Labute approximate surface area is 50.6 Å². The van der Waals surface area contributed by atoms with Crippen LogP contribution in [0.4, 0.5) is 0 Å². The fraction of sp³-hybridized carbons (Fsp3) is 0.714. The molecule has 0 heterocycles. The number of rotatable bonds is 2. The highest BCUT2D eigenvalue weighted by Crippen LogP contribution is 2.33. The lowest BCUT2D eigenvalue weighted by Crippen LogP contribution is -2.30. The molecule has 0 aromatic rings. The van der Waals surface area contributed by atoms with Crippen molar-refractivity contribution in [3.63, 3.8) is 0 Å². The lowest BCUT2D eigenvalue weighted by Gasteiger charge is -2.32. The molecule has 0 radical (unpaired) electrons. The van der Waals surface area contributed by atoms with Gasteiger partial charge in [0.05, 0.1) is 0 Å². The monoisotopic (exact) mass is 111 g/mol. The first-order valence-electron chi connectivity index (χ1n) is 3.21. The van der Waals surface area contributed by atoms with E-state index in [9.17, 15) is 0 Å². The van der Waals surface area contributed by atoms with E-state index in [-0.39, 0.29) is 0 Å². The van der Waals surface area contributed by atoms with E-state index in [1.54, 1.807) is 0 Å². The second-order valence-electron chi connectivity index (χ2n) is 2.47. The van der Waals surface area contributed by atoms with Crippen LogP contribution in [0.2, 0.25) is 0 Å². The third kappa shape index (κ3) is 0.781. The van der Waals surface area contributed by atoms with Gasteiger partial charge in [0.25, 0.3) is 0 Å². The Hall–Kier alpha value is -0.300. The minimum absolute atomic E-state index is 0.736. The fourth-order valence-electron chi connectivity index (χ4n) is 1.20. The smallest absolute Gasteiger partial charge is 0.00432 e. The molecule has 1 saturated carbocycles. The summed E-state index contributed by atoms with van der Waals surface area (Å²) in [7, 11) is 0. The maximum atomic E-state index is 5.45. The Morgan fingerprint density at radius 1 is 1.62 bits per heavy atom. The van der Waals surface area contributed by atoms with Gasteiger partial charge in [0.1, 0.15) is 0 Å². The Bertz CT molecular complexity index is 86.4. The highest BCUT2D eigenvalue weighted by Gasteiger charge is 2.25. The van der Waals surface area contributed by atoms with Gasteiger partial charge < -0.3 is 5.73 Å². The molecule has 0 aromatic carbocycles. The predicted molar refractivity (Wildman–Crippen MR) is 35.5 cm³/mol. The van der Waals surface area contributed by atoms with Crippen LogP contribution in [0.3, 0.4) is 0 Å². The predicted octanol–water partition coefficient (Wildman–Crippen LogP) is 1.16. The molecule has 1 heteroatoms. The molecule has 0 amide bonds. The zero-order chi connectivity index (χ0) is 5.98. The van der Waals surface area contributed by atoms with Crippen molar-refractivity contribution in [3.8, 4) is 0 Å². The minimum Gasteiger partial charge on any atom is -0.330 e. The maximum absolute atomic E-state index is 5.45. The summed E-state index contributed by atoms with van der Waals surface area (Å²) < 4.78 is 0. The fourth-order valence-corrected chi connectivity index (χ4v) is 1.20. The molecule has 2 atom stereocenters. The van der Waals surface area contributed by atoms with Gasteiger partial charge in [-0.2, -0.15) is 0 Å². The summed E-state index contributed by atoms with van der Waals surface area (Å²) >= 11 is 0. The van der Waals surface area contributed by atoms with Crippen LogP contribution in [-0.4, -0.2) is 6.54 Å². The van der Waals surface area contributed by atoms with Crippen LogP contribution < -0.4 is 5.73 Å². The van der Waals surface area contributed by atoms with Gasteiger partial charge >= 0.3 is 0 Å². The Kier molecular flexibility index (Phi) is 1.69. The molecule has 1 rings (SSSR count). The number of hydrogen-bond acceptors (Lipinski definition) is 1. The Morgan fingerprint density at radius 3 is 2.50 bits per heavy atom. The van der Waals surface area contributed by atoms with Crippen molar-refractivity contribution in [2.24, 2.45) is 17.6 Å². The largest absolute Gasteiger partial charge is 0.330 e. The maximum Gasteiger partial charge on any atom is -0.00432 e. The summed E-state index contributed by atoms with van der Waals surface area (Å²) in [6.45, 7) is 4.57. The highest BCUT2D eigenvalue weighted by molar-refractivity contribution is 4.92. The molecule has 1 fully saturated rings. The van der Waals surface area contributed by atoms with Gasteiger partial charge in [-0.25, -0.2) is 0 Å². The molecule has 1 aliphatic carbocycles. The van der Waals surface area contributed by atoms with Crippen LogP contribution in [0.5, 0.6) is 0 Å². The van der Waals surface area contributed by atoms with Gasteiger partial charge in [-0.1, -0.05) is 6.08 Å². The van der Waals surface area contributed by atoms with E-state index in [2.05, 4.69) is 6.58 Å². The molecule has 1 aliphatic rings. The van der Waals surface area contributed by atoms with Gasteiger partial charge in [-0.05, 0) is 31.2 Å². The van der Waals surface area contributed by atoms with Crippen molar-refractivity contribution in [2.45, 2.75) is 12.8 Å². The molecule has 0 saturated heterocycles. The van der Waals surface area contributed by atoms with Gasteiger partial charge in [0.15, 0.2) is 0 Å². The van der Waals surface area contributed by atoms with Crippen molar-refractivity contribution in [3.05, 3.63) is 12.7 Å². The first kappa shape index (κ1) is 5.83. The summed E-state index contributed by atoms with van der Waals surface area (Å²) in [6.07, 6.45) is 4.65. The van der Waals surface area contributed by atoms with Gasteiger partial charge in [0, 0.05) is 0 Å². The summed E-state index contributed by atoms with van der Waals surface area (Å²) in [5.41, 5.74) is 5.45. The van der Waals surface area contributed by atoms with E-state index in [0.29, 0.717) is 0 Å². The lowest BCUT2D eigenvalue weighted by molar-refractivity contribution is 0.236. The molecule has 2 unspecified atom stereocenters. The molecule has 2 N–H and O–H groups in total. The molecule has 8 heavy (non-hydrogen) atoms. The molecule has 0 aromatic heterocycles. The molecular weight excluding hydrogens is 98.1 g/mol. The van der Waals surface area contributed by atoms with E-state index in [1.165, 1.54) is 12.8 Å². The van der Waals surface area contributed by atoms with Crippen LogP contribution in [0, 0.1) is 11.8 Å². The first-order valence-corrected chi connectivity index (χ1v) is 3.21. The minimum atomic E-state index is 0.736. The first-order chi connectivity index (χ1) is 3.88. The van der Waals surface area contributed by atoms with Gasteiger partial charge in [0.2, 0.25) is 0 Å². The molecule has 46 valence electrons. The Morgan fingerprint density at radius 2 is 2.38 bits per heavy atom. The van der Waals surface area contributed by atoms with Crippen molar-refractivity contribution in [1.82, 2.24) is 0 Å². The van der Waals surface area contributed by atoms with Gasteiger partial charge in [-0.15, -0.1) is 6.58 Å². The average Bonchev–Trinajstić information content (AvgIpc) is 1.66. The molecule has 0 spiro atoms. The topological polar surface area (TPSA) is 26.0 Å². The summed E-state index contributed by atoms with van der Waals surface area (Å²) in [4.78, 5) is 0. The van der Waals surface area contributed by atoms with E-state index in [1.807, 2.05) is 6.08 Å². The molecule has 0 aliphatic heterocycles. The summed E-state index contributed by atoms with van der Waals surface area (Å²) in [5, 5.41) is 0. The second kappa shape index (κ2) is 2.31. The molecule has 1 nitrogen and oxygen atoms in total. The standard InChI is InChI=1S/C7H13N/c1-2-6-3-4-7(6)5-8/h2,6-7H,1,3-5,8H2. The van der Waals surface area contributed by atoms with Crippen LogP contribution in [-0.2, 0) is 0 Å². The zero-order valence-corrected chi connectivity index (χ0v) is 5.14. The SMILES string of the molecule is C=CC1CCC1CN. The van der Waals surface area contributed by atoms with E-state index in [4.69, 9.17) is 5.73 Å².